The van der Waals surface area contributed by atoms with Gasteiger partial charge in [0, 0.05) is 0 Å². The van der Waals surface area contributed by atoms with Crippen LogP contribution >= 0.6 is 15.9 Å². The summed E-state index contributed by atoms with van der Waals surface area (Å²) in [6.45, 7) is 3.14. The van der Waals surface area contributed by atoms with Crippen molar-refractivity contribution in [3.8, 4) is 0 Å². The van der Waals surface area contributed by atoms with E-state index in [1.807, 2.05) is 6.07 Å². The van der Waals surface area contributed by atoms with Gasteiger partial charge in [0.2, 0.25) is 0 Å². The fraction of sp³-hybridized carbons (Fsp3) is 0.692. The molecule has 3 heteroatoms. The molecule has 0 aliphatic heterocycles. The molecule has 1 heterocycles. The summed E-state index contributed by atoms with van der Waals surface area (Å²) < 4.78 is 6.67. The molecule has 1 atom stereocenters. The largest absolute Gasteiger partial charge is 0.466 e. The van der Waals surface area contributed by atoms with Gasteiger partial charge in [-0.3, -0.25) is 0 Å². The third-order valence-electron chi connectivity index (χ3n) is 3.46. The van der Waals surface area contributed by atoms with Gasteiger partial charge in [-0.2, -0.15) is 0 Å². The molecule has 1 saturated carbocycles. The Hall–Kier alpha value is -0.280. The molecule has 0 aromatic carbocycles. The molecule has 16 heavy (non-hydrogen) atoms. The number of nitrogens with one attached hydrogen (secondary N) is 1. The normalized spacial score (nSPS) is 19.1. The average molecular weight is 286 g/mol. The maximum absolute atomic E-state index is 5.58. The van der Waals surface area contributed by atoms with Crippen LogP contribution in [0.15, 0.2) is 21.2 Å². The van der Waals surface area contributed by atoms with Gasteiger partial charge in [-0.05, 0) is 40.9 Å². The summed E-state index contributed by atoms with van der Waals surface area (Å²) in [6.07, 6.45) is 8.56. The first-order valence-corrected chi connectivity index (χ1v) is 7.06. The Labute approximate surface area is 106 Å². The maximum atomic E-state index is 5.58. The molecule has 1 aromatic rings. The molecule has 1 unspecified atom stereocenters. The van der Waals surface area contributed by atoms with E-state index in [9.17, 15) is 0 Å². The first kappa shape index (κ1) is 12.2. The summed E-state index contributed by atoms with van der Waals surface area (Å²) in [7, 11) is 0. The van der Waals surface area contributed by atoms with E-state index in [1.165, 1.54) is 32.1 Å². The van der Waals surface area contributed by atoms with E-state index >= 15 is 0 Å². The van der Waals surface area contributed by atoms with Gasteiger partial charge in [0.05, 0.1) is 16.8 Å². The Morgan fingerprint density at radius 3 is 2.81 bits per heavy atom. The minimum Gasteiger partial charge on any atom is -0.466 e. The summed E-state index contributed by atoms with van der Waals surface area (Å²) in [4.78, 5) is 0. The average Bonchev–Trinajstić information content (AvgIpc) is 2.88. The summed E-state index contributed by atoms with van der Waals surface area (Å²) in [5.41, 5.74) is 0. The molecular weight excluding hydrogens is 266 g/mol. The molecule has 0 saturated heterocycles. The smallest absolute Gasteiger partial charge is 0.134 e. The zero-order valence-electron chi connectivity index (χ0n) is 9.84. The monoisotopic (exact) mass is 285 g/mol. The fourth-order valence-corrected chi connectivity index (χ4v) is 3.14. The molecule has 90 valence electrons. The van der Waals surface area contributed by atoms with Gasteiger partial charge in [-0.15, -0.1) is 0 Å². The highest BCUT2D eigenvalue weighted by Crippen LogP contribution is 2.35. The Kier molecular flexibility index (Phi) is 4.47. The van der Waals surface area contributed by atoms with Gasteiger partial charge in [-0.1, -0.05) is 32.6 Å². The quantitative estimate of drug-likeness (QED) is 0.874. The van der Waals surface area contributed by atoms with Crippen molar-refractivity contribution in [2.45, 2.75) is 45.1 Å². The number of hydrogen-bond acceptors (Lipinski definition) is 2. The number of halogens is 1. The third-order valence-corrected chi connectivity index (χ3v) is 4.11. The molecule has 1 aliphatic carbocycles. The van der Waals surface area contributed by atoms with Crippen molar-refractivity contribution in [2.24, 2.45) is 5.92 Å². The van der Waals surface area contributed by atoms with E-state index in [4.69, 9.17) is 4.42 Å². The van der Waals surface area contributed by atoms with Crippen LogP contribution in [-0.4, -0.2) is 6.54 Å². The van der Waals surface area contributed by atoms with Gasteiger partial charge >= 0.3 is 0 Å². The predicted octanol–water partition coefficient (Wildman–Crippen LogP) is 4.27. The van der Waals surface area contributed by atoms with Crippen molar-refractivity contribution in [3.05, 3.63) is 22.6 Å². The molecule has 1 aliphatic rings. The second-order valence-corrected chi connectivity index (χ2v) is 5.48. The van der Waals surface area contributed by atoms with Crippen LogP contribution in [0.25, 0.3) is 0 Å². The molecule has 0 spiro atoms. The highest BCUT2D eigenvalue weighted by Gasteiger charge is 2.23. The second kappa shape index (κ2) is 5.87. The van der Waals surface area contributed by atoms with Crippen LogP contribution < -0.4 is 5.32 Å². The van der Waals surface area contributed by atoms with Gasteiger partial charge in [0.1, 0.15) is 5.76 Å². The van der Waals surface area contributed by atoms with Crippen molar-refractivity contribution in [1.82, 2.24) is 5.32 Å². The lowest BCUT2D eigenvalue weighted by atomic mass is 9.97. The molecular formula is C13H20BrNO. The van der Waals surface area contributed by atoms with E-state index in [0.29, 0.717) is 6.04 Å². The molecule has 1 N–H and O–H groups in total. The van der Waals surface area contributed by atoms with Crippen LogP contribution in [0.3, 0.4) is 0 Å². The van der Waals surface area contributed by atoms with E-state index in [-0.39, 0.29) is 0 Å². The summed E-state index contributed by atoms with van der Waals surface area (Å²) in [6, 6.07) is 2.35. The van der Waals surface area contributed by atoms with E-state index < -0.39 is 0 Å². The summed E-state index contributed by atoms with van der Waals surface area (Å²) in [5, 5.41) is 3.53. The number of rotatable bonds is 5. The molecule has 1 aromatic heterocycles. The zero-order chi connectivity index (χ0) is 11.4. The second-order valence-electron chi connectivity index (χ2n) is 4.63. The van der Waals surface area contributed by atoms with Gasteiger partial charge in [-0.25, -0.2) is 0 Å². The lowest BCUT2D eigenvalue weighted by molar-refractivity contribution is 0.345. The molecule has 0 bridgehead atoms. The van der Waals surface area contributed by atoms with Gasteiger partial charge < -0.3 is 9.73 Å². The highest BCUT2D eigenvalue weighted by atomic mass is 79.9. The van der Waals surface area contributed by atoms with E-state index in [0.717, 1.165) is 22.7 Å². The maximum Gasteiger partial charge on any atom is 0.134 e. The number of hydrogen-bond donors (Lipinski definition) is 1. The van der Waals surface area contributed by atoms with Crippen LogP contribution in [0, 0.1) is 5.92 Å². The molecule has 0 amide bonds. The van der Waals surface area contributed by atoms with Gasteiger partial charge in [0.25, 0.3) is 0 Å². The Bertz CT molecular complexity index is 317. The topological polar surface area (TPSA) is 25.2 Å². The van der Waals surface area contributed by atoms with Gasteiger partial charge in [0.15, 0.2) is 0 Å². The minimum absolute atomic E-state index is 0.373. The first-order valence-electron chi connectivity index (χ1n) is 6.27. The van der Waals surface area contributed by atoms with Crippen LogP contribution in [0.5, 0.6) is 0 Å². The first-order chi connectivity index (χ1) is 7.81. The van der Waals surface area contributed by atoms with Crippen molar-refractivity contribution in [1.29, 1.82) is 0 Å². The van der Waals surface area contributed by atoms with Crippen molar-refractivity contribution in [3.63, 3.8) is 0 Å². The van der Waals surface area contributed by atoms with E-state index in [1.54, 1.807) is 6.26 Å². The Balaban J connectivity index is 2.01. The van der Waals surface area contributed by atoms with Crippen molar-refractivity contribution in [2.75, 3.05) is 6.54 Å². The molecule has 2 rings (SSSR count). The van der Waals surface area contributed by atoms with E-state index in [2.05, 4.69) is 28.2 Å². The third kappa shape index (κ3) is 2.89. The van der Waals surface area contributed by atoms with Crippen LogP contribution in [-0.2, 0) is 0 Å². The fourth-order valence-electron chi connectivity index (χ4n) is 2.66. The molecule has 2 nitrogen and oxygen atoms in total. The molecule has 0 radical (unpaired) electrons. The molecule has 1 fully saturated rings. The van der Waals surface area contributed by atoms with Crippen molar-refractivity contribution >= 4 is 15.9 Å². The Morgan fingerprint density at radius 1 is 1.50 bits per heavy atom. The van der Waals surface area contributed by atoms with Crippen LogP contribution in [0.2, 0.25) is 0 Å². The summed E-state index contributed by atoms with van der Waals surface area (Å²) >= 11 is 3.55. The predicted molar refractivity (Wildman–Crippen MR) is 69.4 cm³/mol. The van der Waals surface area contributed by atoms with Crippen LogP contribution in [0.4, 0.5) is 0 Å². The van der Waals surface area contributed by atoms with Crippen LogP contribution in [0.1, 0.15) is 50.8 Å². The standard InChI is InChI=1S/C13H20BrNO/c1-2-15-12(9-10-5-3-4-6-10)13-11(14)7-8-16-13/h7-8,10,12,15H,2-6,9H2,1H3. The summed E-state index contributed by atoms with van der Waals surface area (Å²) in [5.74, 6) is 1.94. The Morgan fingerprint density at radius 2 is 2.25 bits per heavy atom. The number of furan rings is 1. The highest BCUT2D eigenvalue weighted by molar-refractivity contribution is 9.10. The lowest BCUT2D eigenvalue weighted by Crippen LogP contribution is -2.22. The SMILES string of the molecule is CCNC(CC1CCCC1)c1occc1Br. The minimum atomic E-state index is 0.373. The zero-order valence-corrected chi connectivity index (χ0v) is 11.4. The lowest BCUT2D eigenvalue weighted by Gasteiger charge is -2.19. The van der Waals surface area contributed by atoms with Crippen molar-refractivity contribution < 1.29 is 4.42 Å².